The van der Waals surface area contributed by atoms with E-state index in [9.17, 15) is 9.18 Å². The fraction of sp³-hybridized carbons (Fsp3) is 0.364. The summed E-state index contributed by atoms with van der Waals surface area (Å²) in [5.74, 6) is -0.679. The Hall–Kier alpha value is -1.09. The second kappa shape index (κ2) is 4.19. The third kappa shape index (κ3) is 1.84. The number of hydrogen-bond acceptors (Lipinski definition) is 1. The van der Waals surface area contributed by atoms with Crippen LogP contribution in [0.15, 0.2) is 18.2 Å². The van der Waals surface area contributed by atoms with Crippen LogP contribution in [0.3, 0.4) is 0 Å². The fourth-order valence-corrected chi connectivity index (χ4v) is 2.07. The molecule has 0 atom stereocenters. The molecule has 1 aliphatic rings. The normalized spacial score (nSPS) is 14.9. The topological polar surface area (TPSA) is 20.3 Å². The molecule has 0 aromatic heterocycles. The van der Waals surface area contributed by atoms with Crippen LogP contribution in [0, 0.1) is 5.82 Å². The van der Waals surface area contributed by atoms with Gasteiger partial charge in [-0.2, -0.15) is 0 Å². The summed E-state index contributed by atoms with van der Waals surface area (Å²) in [4.78, 5) is 13.0. The van der Waals surface area contributed by atoms with Crippen LogP contribution in [0.5, 0.6) is 0 Å². The van der Waals surface area contributed by atoms with Crippen LogP contribution in [-0.2, 0) is 11.2 Å². The zero-order valence-corrected chi connectivity index (χ0v) is 8.93. The van der Waals surface area contributed by atoms with Crippen LogP contribution in [0.2, 0.25) is 0 Å². The summed E-state index contributed by atoms with van der Waals surface area (Å²) in [5, 5.41) is 0. The molecule has 1 aliphatic heterocycles. The van der Waals surface area contributed by atoms with Gasteiger partial charge in [-0.15, -0.1) is 11.6 Å². The van der Waals surface area contributed by atoms with E-state index in [4.69, 9.17) is 11.6 Å². The molecule has 2 rings (SSSR count). The summed E-state index contributed by atoms with van der Waals surface area (Å²) >= 11 is 5.49. The van der Waals surface area contributed by atoms with Crippen molar-refractivity contribution >= 4 is 23.2 Å². The first-order chi connectivity index (χ1) is 7.24. The Morgan fingerprint density at radius 3 is 3.07 bits per heavy atom. The molecule has 1 aromatic rings. The molecule has 4 heteroatoms. The molecule has 80 valence electrons. The monoisotopic (exact) mass is 227 g/mol. The lowest BCUT2D eigenvalue weighted by molar-refractivity contribution is -0.116. The molecular formula is C11H11ClFNO. The Labute approximate surface area is 92.6 Å². The van der Waals surface area contributed by atoms with E-state index in [1.54, 1.807) is 6.07 Å². The van der Waals surface area contributed by atoms with Gasteiger partial charge in [0.2, 0.25) is 5.91 Å². The van der Waals surface area contributed by atoms with Crippen molar-refractivity contribution in [1.29, 1.82) is 0 Å². The molecule has 0 saturated carbocycles. The lowest BCUT2D eigenvalue weighted by Crippen LogP contribution is -2.37. The van der Waals surface area contributed by atoms with Gasteiger partial charge in [-0.1, -0.05) is 12.1 Å². The van der Waals surface area contributed by atoms with Crippen LogP contribution in [0.25, 0.3) is 0 Å². The molecule has 0 bridgehead atoms. The average Bonchev–Trinajstić information content (AvgIpc) is 2.28. The van der Waals surface area contributed by atoms with Gasteiger partial charge in [-0.3, -0.25) is 4.79 Å². The summed E-state index contributed by atoms with van der Waals surface area (Å²) in [7, 11) is 0. The van der Waals surface area contributed by atoms with Crippen molar-refractivity contribution in [2.24, 2.45) is 0 Å². The maximum absolute atomic E-state index is 13.6. The van der Waals surface area contributed by atoms with Crippen molar-refractivity contribution in [2.75, 3.05) is 17.3 Å². The number of benzene rings is 1. The molecule has 0 saturated heterocycles. The summed E-state index contributed by atoms with van der Waals surface area (Å²) in [6, 6.07) is 4.90. The number of carbonyl (C=O) groups excluding carboxylic acids is 1. The number of aryl methyl sites for hydroxylation is 1. The van der Waals surface area contributed by atoms with Gasteiger partial charge in [0.25, 0.3) is 0 Å². The molecule has 1 aromatic carbocycles. The van der Waals surface area contributed by atoms with Crippen LogP contribution in [-0.4, -0.2) is 18.3 Å². The maximum Gasteiger partial charge on any atom is 0.241 e. The third-order valence-electron chi connectivity index (χ3n) is 2.58. The van der Waals surface area contributed by atoms with E-state index in [-0.39, 0.29) is 17.6 Å². The molecule has 15 heavy (non-hydrogen) atoms. The summed E-state index contributed by atoms with van der Waals surface area (Å²) in [6.45, 7) is 0.555. The number of anilines is 1. The Morgan fingerprint density at radius 1 is 1.53 bits per heavy atom. The lowest BCUT2D eigenvalue weighted by Gasteiger charge is -2.29. The van der Waals surface area contributed by atoms with E-state index in [1.807, 2.05) is 6.07 Å². The number of rotatable bonds is 1. The number of alkyl halides is 1. The highest BCUT2D eigenvalue weighted by atomic mass is 35.5. The highest BCUT2D eigenvalue weighted by Crippen LogP contribution is 2.29. The number of halogens is 2. The Kier molecular flexibility index (Phi) is 2.91. The first kappa shape index (κ1) is 10.4. The van der Waals surface area contributed by atoms with Crippen LogP contribution in [0.1, 0.15) is 12.0 Å². The fourth-order valence-electron chi connectivity index (χ4n) is 1.92. The van der Waals surface area contributed by atoms with Crippen molar-refractivity contribution in [1.82, 2.24) is 0 Å². The van der Waals surface area contributed by atoms with E-state index >= 15 is 0 Å². The van der Waals surface area contributed by atoms with Crippen LogP contribution < -0.4 is 4.90 Å². The number of hydrogen-bond donors (Lipinski definition) is 0. The van der Waals surface area contributed by atoms with Gasteiger partial charge in [-0.05, 0) is 24.5 Å². The quantitative estimate of drug-likeness (QED) is 0.675. The summed E-state index contributed by atoms with van der Waals surface area (Å²) in [5.41, 5.74) is 1.30. The molecule has 0 spiro atoms. The molecule has 0 aliphatic carbocycles. The van der Waals surface area contributed by atoms with Gasteiger partial charge in [-0.25, -0.2) is 4.39 Å². The van der Waals surface area contributed by atoms with E-state index in [2.05, 4.69) is 0 Å². The zero-order valence-electron chi connectivity index (χ0n) is 8.17. The zero-order chi connectivity index (χ0) is 10.8. The molecule has 0 unspecified atom stereocenters. The standard InChI is InChI=1S/C11H11ClFNO/c12-7-10(15)14-6-2-4-8-3-1-5-9(13)11(8)14/h1,3,5H,2,4,6-7H2. The summed E-state index contributed by atoms with van der Waals surface area (Å²) in [6.07, 6.45) is 1.68. The Bertz CT molecular complexity index is 394. The minimum atomic E-state index is -0.342. The van der Waals surface area contributed by atoms with Gasteiger partial charge in [0.15, 0.2) is 0 Å². The van der Waals surface area contributed by atoms with Gasteiger partial charge >= 0.3 is 0 Å². The predicted molar refractivity (Wildman–Crippen MR) is 57.8 cm³/mol. The first-order valence-corrected chi connectivity index (χ1v) is 5.41. The first-order valence-electron chi connectivity index (χ1n) is 4.87. The highest BCUT2D eigenvalue weighted by Gasteiger charge is 2.24. The Morgan fingerprint density at radius 2 is 2.33 bits per heavy atom. The second-order valence-electron chi connectivity index (χ2n) is 3.53. The van der Waals surface area contributed by atoms with E-state index in [1.165, 1.54) is 11.0 Å². The van der Waals surface area contributed by atoms with Gasteiger partial charge in [0.05, 0.1) is 5.69 Å². The minimum absolute atomic E-state index is 0.103. The van der Waals surface area contributed by atoms with E-state index < -0.39 is 0 Å². The second-order valence-corrected chi connectivity index (χ2v) is 3.80. The number of para-hydroxylation sites is 1. The van der Waals surface area contributed by atoms with Crippen molar-refractivity contribution in [3.63, 3.8) is 0 Å². The van der Waals surface area contributed by atoms with Crippen molar-refractivity contribution < 1.29 is 9.18 Å². The molecular weight excluding hydrogens is 217 g/mol. The molecule has 1 heterocycles. The van der Waals surface area contributed by atoms with E-state index in [0.29, 0.717) is 12.2 Å². The molecule has 2 nitrogen and oxygen atoms in total. The molecule has 0 fully saturated rings. The van der Waals surface area contributed by atoms with Crippen molar-refractivity contribution in [2.45, 2.75) is 12.8 Å². The third-order valence-corrected chi connectivity index (χ3v) is 2.81. The Balaban J connectivity index is 2.45. The maximum atomic E-state index is 13.6. The van der Waals surface area contributed by atoms with Crippen molar-refractivity contribution in [3.8, 4) is 0 Å². The summed E-state index contributed by atoms with van der Waals surface area (Å²) < 4.78 is 13.6. The highest BCUT2D eigenvalue weighted by molar-refractivity contribution is 6.29. The minimum Gasteiger partial charge on any atom is -0.308 e. The molecule has 0 radical (unpaired) electrons. The smallest absolute Gasteiger partial charge is 0.241 e. The van der Waals surface area contributed by atoms with E-state index in [0.717, 1.165) is 18.4 Å². The largest absolute Gasteiger partial charge is 0.308 e. The predicted octanol–water partition coefficient (Wildman–Crippen LogP) is 2.34. The molecule has 0 N–H and O–H groups in total. The van der Waals surface area contributed by atoms with Crippen LogP contribution in [0.4, 0.5) is 10.1 Å². The SMILES string of the molecule is O=C(CCl)N1CCCc2cccc(F)c21. The number of fused-ring (bicyclic) bond motifs is 1. The molecule has 1 amide bonds. The number of amides is 1. The van der Waals surface area contributed by atoms with Gasteiger partial charge < -0.3 is 4.90 Å². The number of carbonyl (C=O) groups is 1. The average molecular weight is 228 g/mol. The van der Waals surface area contributed by atoms with Gasteiger partial charge in [0, 0.05) is 6.54 Å². The van der Waals surface area contributed by atoms with Gasteiger partial charge in [0.1, 0.15) is 11.7 Å². The lowest BCUT2D eigenvalue weighted by atomic mass is 10.0. The van der Waals surface area contributed by atoms with Crippen LogP contribution >= 0.6 is 11.6 Å². The van der Waals surface area contributed by atoms with Crippen molar-refractivity contribution in [3.05, 3.63) is 29.6 Å². The number of nitrogens with zero attached hydrogens (tertiary/aromatic N) is 1.